The van der Waals surface area contributed by atoms with Gasteiger partial charge < -0.3 is 5.11 Å². The number of nitrogens with zero attached hydrogens (tertiary/aromatic N) is 1. The molecule has 1 fully saturated rings. The quantitative estimate of drug-likeness (QED) is 0.771. The maximum Gasteiger partial charge on any atom is 0.0689 e. The third-order valence-electron chi connectivity index (χ3n) is 2.78. The van der Waals surface area contributed by atoms with Gasteiger partial charge in [-0.2, -0.15) is 0 Å². The van der Waals surface area contributed by atoms with Crippen molar-refractivity contribution in [2.75, 3.05) is 13.1 Å². The van der Waals surface area contributed by atoms with Gasteiger partial charge in [0, 0.05) is 19.1 Å². The van der Waals surface area contributed by atoms with Gasteiger partial charge in [-0.1, -0.05) is 29.3 Å². The zero-order valence-electron chi connectivity index (χ0n) is 8.25. The normalized spacial score (nSPS) is 33.2. The van der Waals surface area contributed by atoms with Gasteiger partial charge in [0.05, 0.1) is 10.9 Å². The maximum atomic E-state index is 9.52. The Morgan fingerprint density at radius 1 is 1.69 bits per heavy atom. The summed E-state index contributed by atoms with van der Waals surface area (Å²) in [4.78, 5) is 2.67. The molecule has 1 rings (SSSR count). The van der Waals surface area contributed by atoms with Crippen LogP contribution in [0.25, 0.3) is 0 Å². The number of aliphatic hydroxyl groups excluding tert-OH is 1. The third kappa shape index (κ3) is 3.22. The van der Waals surface area contributed by atoms with Crippen molar-refractivity contribution in [3.05, 3.63) is 6.92 Å². The van der Waals surface area contributed by atoms with Crippen LogP contribution in [-0.2, 0) is 0 Å². The van der Waals surface area contributed by atoms with Crippen molar-refractivity contribution >= 4 is 15.9 Å². The van der Waals surface area contributed by atoms with Gasteiger partial charge in [0.2, 0.25) is 0 Å². The number of hydrogen-bond acceptors (Lipinski definition) is 2. The average Bonchev–Trinajstić information content (AvgIpc) is 2.10. The van der Waals surface area contributed by atoms with E-state index in [4.69, 9.17) is 0 Å². The first-order chi connectivity index (χ1) is 6.15. The lowest BCUT2D eigenvalue weighted by Gasteiger charge is -2.37. The molecule has 0 aliphatic carbocycles. The minimum Gasteiger partial charge on any atom is -0.392 e. The minimum atomic E-state index is -0.164. The van der Waals surface area contributed by atoms with Gasteiger partial charge >= 0.3 is 0 Å². The monoisotopic (exact) mass is 248 g/mol. The first-order valence-corrected chi connectivity index (χ1v) is 5.92. The Balaban J connectivity index is 2.36. The summed E-state index contributed by atoms with van der Waals surface area (Å²) in [7, 11) is 0. The van der Waals surface area contributed by atoms with E-state index in [2.05, 4.69) is 34.7 Å². The van der Waals surface area contributed by atoms with Gasteiger partial charge in [-0.3, -0.25) is 4.90 Å². The summed E-state index contributed by atoms with van der Waals surface area (Å²) in [5, 5.41) is 9.52. The molecule has 0 amide bonds. The minimum absolute atomic E-state index is 0.164. The van der Waals surface area contributed by atoms with Crippen LogP contribution in [0.15, 0.2) is 0 Å². The van der Waals surface area contributed by atoms with Crippen LogP contribution < -0.4 is 0 Å². The molecule has 0 aromatic carbocycles. The number of hydrogen-bond donors (Lipinski definition) is 1. The van der Waals surface area contributed by atoms with Crippen molar-refractivity contribution in [2.24, 2.45) is 0 Å². The first kappa shape index (κ1) is 11.5. The summed E-state index contributed by atoms with van der Waals surface area (Å²) in [6, 6.07) is 0.602. The number of aliphatic hydroxyl groups is 1. The van der Waals surface area contributed by atoms with E-state index in [0.717, 1.165) is 32.4 Å². The predicted octanol–water partition coefficient (Wildman–Crippen LogP) is 1.82. The molecule has 77 valence electrons. The van der Waals surface area contributed by atoms with Gasteiger partial charge in [0.1, 0.15) is 0 Å². The molecule has 1 N–H and O–H groups in total. The van der Waals surface area contributed by atoms with E-state index in [-0.39, 0.29) is 10.9 Å². The molecule has 0 bridgehead atoms. The van der Waals surface area contributed by atoms with E-state index in [0.29, 0.717) is 6.04 Å². The summed E-state index contributed by atoms with van der Waals surface area (Å²) in [5.74, 6) is 0. The molecule has 1 heterocycles. The Bertz CT molecular complexity index is 154. The van der Waals surface area contributed by atoms with Crippen LogP contribution in [0.3, 0.4) is 0 Å². The van der Waals surface area contributed by atoms with Crippen molar-refractivity contribution in [3.8, 4) is 0 Å². The molecule has 3 heteroatoms. The van der Waals surface area contributed by atoms with Gasteiger partial charge in [0.25, 0.3) is 0 Å². The molecule has 0 saturated carbocycles. The number of piperidine rings is 1. The number of likely N-dealkylation sites (tertiary alicyclic amines) is 1. The highest BCUT2D eigenvalue weighted by Gasteiger charge is 2.27. The topological polar surface area (TPSA) is 23.5 Å². The first-order valence-electron chi connectivity index (χ1n) is 5.00. The summed E-state index contributed by atoms with van der Waals surface area (Å²) >= 11 is 3.51. The van der Waals surface area contributed by atoms with Gasteiger partial charge in [-0.25, -0.2) is 0 Å². The zero-order valence-corrected chi connectivity index (χ0v) is 9.83. The molecule has 1 unspecified atom stereocenters. The van der Waals surface area contributed by atoms with E-state index >= 15 is 0 Å². The standard InChI is InChI=1S/C10H19BrNO/c1-3-4-8(2)12-6-5-10(13)9(11)7-12/h8-10,13H,1,3-7H2,2H3/t8?,9-,10-/m0/s1. The second-order valence-corrected chi connectivity index (χ2v) is 5.03. The van der Waals surface area contributed by atoms with E-state index in [1.165, 1.54) is 0 Å². The lowest BCUT2D eigenvalue weighted by atomic mass is 10.0. The van der Waals surface area contributed by atoms with Crippen molar-refractivity contribution in [1.29, 1.82) is 0 Å². The Kier molecular flexibility index (Phi) is 4.70. The lowest BCUT2D eigenvalue weighted by molar-refractivity contribution is 0.0710. The van der Waals surface area contributed by atoms with Crippen LogP contribution in [0.5, 0.6) is 0 Å². The van der Waals surface area contributed by atoms with Crippen LogP contribution in [0.4, 0.5) is 0 Å². The van der Waals surface area contributed by atoms with Crippen molar-refractivity contribution in [2.45, 2.75) is 43.2 Å². The van der Waals surface area contributed by atoms with E-state index < -0.39 is 0 Å². The molecule has 1 radical (unpaired) electrons. The highest BCUT2D eigenvalue weighted by atomic mass is 79.9. The highest BCUT2D eigenvalue weighted by Crippen LogP contribution is 2.20. The fourth-order valence-electron chi connectivity index (χ4n) is 1.79. The molecule has 1 aliphatic heterocycles. The summed E-state index contributed by atoms with van der Waals surface area (Å²) in [6.45, 7) is 8.08. The smallest absolute Gasteiger partial charge is 0.0689 e. The second-order valence-electron chi connectivity index (χ2n) is 3.86. The fraction of sp³-hybridized carbons (Fsp3) is 0.900. The Morgan fingerprint density at radius 3 is 2.92 bits per heavy atom. The molecule has 0 aromatic rings. The predicted molar refractivity (Wildman–Crippen MR) is 59.0 cm³/mol. The SMILES string of the molecule is [CH2]CCC(C)N1CC[C@H](O)[C@@H](Br)C1. The maximum absolute atomic E-state index is 9.52. The summed E-state index contributed by atoms with van der Waals surface area (Å²) in [5.41, 5.74) is 0. The van der Waals surface area contributed by atoms with Gasteiger partial charge in [-0.05, 0) is 19.8 Å². The van der Waals surface area contributed by atoms with Crippen molar-refractivity contribution in [3.63, 3.8) is 0 Å². The molecule has 3 atom stereocenters. The summed E-state index contributed by atoms with van der Waals surface area (Å²) in [6.07, 6.45) is 2.86. The zero-order chi connectivity index (χ0) is 9.84. The van der Waals surface area contributed by atoms with Crippen LogP contribution in [0.2, 0.25) is 0 Å². The number of halogens is 1. The van der Waals surface area contributed by atoms with E-state index in [1.54, 1.807) is 0 Å². The molecule has 13 heavy (non-hydrogen) atoms. The number of alkyl halides is 1. The van der Waals surface area contributed by atoms with E-state index in [9.17, 15) is 5.11 Å². The fourth-order valence-corrected chi connectivity index (χ4v) is 2.43. The van der Waals surface area contributed by atoms with Crippen molar-refractivity contribution < 1.29 is 5.11 Å². The second kappa shape index (κ2) is 5.32. The van der Waals surface area contributed by atoms with Gasteiger partial charge in [0.15, 0.2) is 0 Å². The Hall–Kier alpha value is 0.400. The largest absolute Gasteiger partial charge is 0.392 e. The molecule has 0 aromatic heterocycles. The van der Waals surface area contributed by atoms with Gasteiger partial charge in [-0.15, -0.1) is 0 Å². The number of rotatable bonds is 3. The van der Waals surface area contributed by atoms with Crippen LogP contribution in [-0.4, -0.2) is 40.1 Å². The van der Waals surface area contributed by atoms with E-state index in [1.807, 2.05) is 0 Å². The average molecular weight is 249 g/mol. The van der Waals surface area contributed by atoms with Crippen molar-refractivity contribution in [1.82, 2.24) is 4.90 Å². The molecule has 1 saturated heterocycles. The van der Waals surface area contributed by atoms with Crippen LogP contribution in [0.1, 0.15) is 26.2 Å². The van der Waals surface area contributed by atoms with Crippen LogP contribution >= 0.6 is 15.9 Å². The molecular formula is C10H19BrNO. The molecule has 0 spiro atoms. The molecular weight excluding hydrogens is 230 g/mol. The summed E-state index contributed by atoms with van der Waals surface area (Å²) < 4.78 is 0. The Morgan fingerprint density at radius 2 is 2.38 bits per heavy atom. The van der Waals surface area contributed by atoms with Crippen LogP contribution in [0, 0.1) is 6.92 Å². The molecule has 2 nitrogen and oxygen atoms in total. The molecule has 1 aliphatic rings. The third-order valence-corrected chi connectivity index (χ3v) is 3.68. The lowest BCUT2D eigenvalue weighted by Crippen LogP contribution is -2.47. The highest BCUT2D eigenvalue weighted by molar-refractivity contribution is 9.09. The Labute approximate surface area is 89.4 Å².